The fraction of sp³-hybridized carbons (Fsp3) is 0.583. The summed E-state index contributed by atoms with van der Waals surface area (Å²) in [5.74, 6) is 0.913. The van der Waals surface area contributed by atoms with Crippen molar-refractivity contribution in [3.05, 3.63) is 29.7 Å². The molecule has 1 aromatic rings. The Hall–Kier alpha value is -1.09. The van der Waals surface area contributed by atoms with Crippen LogP contribution in [0.3, 0.4) is 0 Å². The van der Waals surface area contributed by atoms with E-state index in [1.165, 1.54) is 5.56 Å². The molecule has 1 N–H and O–H groups in total. The standard InChI is InChI=1S/C12H20N2O/c1-5-6-7-9(2)13-8-12-10(3)14-15-11(12)4/h5,9,13H,1,6-8H2,2-4H3/t9-/m1/s1. The maximum Gasteiger partial charge on any atom is 0.138 e. The van der Waals surface area contributed by atoms with Gasteiger partial charge in [0.05, 0.1) is 5.69 Å². The highest BCUT2D eigenvalue weighted by molar-refractivity contribution is 5.20. The molecule has 0 aliphatic rings. The third-order valence-electron chi connectivity index (χ3n) is 2.61. The van der Waals surface area contributed by atoms with E-state index >= 15 is 0 Å². The molecule has 0 saturated carbocycles. The van der Waals surface area contributed by atoms with Crippen LogP contribution in [0.1, 0.15) is 36.8 Å². The van der Waals surface area contributed by atoms with E-state index in [-0.39, 0.29) is 0 Å². The van der Waals surface area contributed by atoms with E-state index in [0.29, 0.717) is 6.04 Å². The maximum atomic E-state index is 5.10. The molecular weight excluding hydrogens is 188 g/mol. The van der Waals surface area contributed by atoms with Crippen LogP contribution in [0.2, 0.25) is 0 Å². The number of aryl methyl sites for hydroxylation is 2. The summed E-state index contributed by atoms with van der Waals surface area (Å²) in [5, 5.41) is 7.38. The predicted molar refractivity (Wildman–Crippen MR) is 61.7 cm³/mol. The molecule has 0 fully saturated rings. The Labute approximate surface area is 91.5 Å². The zero-order valence-corrected chi connectivity index (χ0v) is 9.84. The van der Waals surface area contributed by atoms with Gasteiger partial charge in [-0.1, -0.05) is 11.2 Å². The zero-order chi connectivity index (χ0) is 11.3. The number of hydrogen-bond donors (Lipinski definition) is 1. The van der Waals surface area contributed by atoms with Crippen molar-refractivity contribution in [1.29, 1.82) is 0 Å². The number of rotatable bonds is 6. The van der Waals surface area contributed by atoms with Gasteiger partial charge in [-0.3, -0.25) is 0 Å². The van der Waals surface area contributed by atoms with Crippen molar-refractivity contribution >= 4 is 0 Å². The smallest absolute Gasteiger partial charge is 0.138 e. The Kier molecular flexibility index (Phi) is 4.56. The van der Waals surface area contributed by atoms with Gasteiger partial charge in [-0.15, -0.1) is 6.58 Å². The van der Waals surface area contributed by atoms with Crippen LogP contribution in [0.4, 0.5) is 0 Å². The Morgan fingerprint density at radius 2 is 2.27 bits per heavy atom. The molecule has 0 saturated heterocycles. The molecule has 0 spiro atoms. The molecule has 0 amide bonds. The second-order valence-corrected chi connectivity index (χ2v) is 3.95. The average molecular weight is 208 g/mol. The summed E-state index contributed by atoms with van der Waals surface area (Å²) < 4.78 is 5.10. The van der Waals surface area contributed by atoms with Gasteiger partial charge in [0.2, 0.25) is 0 Å². The normalized spacial score (nSPS) is 12.7. The Balaban J connectivity index is 2.39. The van der Waals surface area contributed by atoms with Crippen LogP contribution in [-0.2, 0) is 6.54 Å². The molecule has 15 heavy (non-hydrogen) atoms. The van der Waals surface area contributed by atoms with E-state index in [4.69, 9.17) is 4.52 Å². The quantitative estimate of drug-likeness (QED) is 0.730. The molecule has 1 atom stereocenters. The lowest BCUT2D eigenvalue weighted by Gasteiger charge is -2.12. The van der Waals surface area contributed by atoms with E-state index in [1.54, 1.807) is 0 Å². The van der Waals surface area contributed by atoms with Crippen molar-refractivity contribution in [3.63, 3.8) is 0 Å². The maximum absolute atomic E-state index is 5.10. The van der Waals surface area contributed by atoms with Crippen molar-refractivity contribution in [3.8, 4) is 0 Å². The fourth-order valence-corrected chi connectivity index (χ4v) is 1.50. The minimum atomic E-state index is 0.497. The van der Waals surface area contributed by atoms with Gasteiger partial charge in [-0.25, -0.2) is 0 Å². The van der Waals surface area contributed by atoms with Gasteiger partial charge in [0.15, 0.2) is 0 Å². The summed E-state index contributed by atoms with van der Waals surface area (Å²) in [6.45, 7) is 10.7. The van der Waals surface area contributed by atoms with Gasteiger partial charge in [0.1, 0.15) is 5.76 Å². The van der Waals surface area contributed by atoms with Gasteiger partial charge in [-0.2, -0.15) is 0 Å². The molecule has 0 unspecified atom stereocenters. The summed E-state index contributed by atoms with van der Waals surface area (Å²) in [6.07, 6.45) is 4.12. The summed E-state index contributed by atoms with van der Waals surface area (Å²) in [5.41, 5.74) is 2.16. The van der Waals surface area contributed by atoms with Crippen molar-refractivity contribution in [2.75, 3.05) is 0 Å². The van der Waals surface area contributed by atoms with Crippen molar-refractivity contribution in [1.82, 2.24) is 10.5 Å². The van der Waals surface area contributed by atoms with Crippen molar-refractivity contribution in [2.24, 2.45) is 0 Å². The van der Waals surface area contributed by atoms with E-state index in [9.17, 15) is 0 Å². The lowest BCUT2D eigenvalue weighted by atomic mass is 10.1. The molecule has 0 bridgehead atoms. The van der Waals surface area contributed by atoms with Crippen molar-refractivity contribution in [2.45, 2.75) is 46.2 Å². The first-order valence-corrected chi connectivity index (χ1v) is 5.41. The van der Waals surface area contributed by atoms with E-state index in [2.05, 4.69) is 24.0 Å². The van der Waals surface area contributed by atoms with Crippen molar-refractivity contribution < 1.29 is 4.52 Å². The minimum absolute atomic E-state index is 0.497. The number of allylic oxidation sites excluding steroid dienone is 1. The third kappa shape index (κ3) is 3.51. The van der Waals surface area contributed by atoms with Gasteiger partial charge >= 0.3 is 0 Å². The zero-order valence-electron chi connectivity index (χ0n) is 9.84. The first-order chi connectivity index (χ1) is 7.15. The molecular formula is C12H20N2O. The third-order valence-corrected chi connectivity index (χ3v) is 2.61. The average Bonchev–Trinajstić information content (AvgIpc) is 2.53. The number of nitrogens with one attached hydrogen (secondary N) is 1. The summed E-state index contributed by atoms with van der Waals surface area (Å²) in [6, 6.07) is 0.497. The second kappa shape index (κ2) is 5.71. The van der Waals surface area contributed by atoms with Gasteiger partial charge in [-0.05, 0) is 33.6 Å². The largest absolute Gasteiger partial charge is 0.361 e. The first-order valence-electron chi connectivity index (χ1n) is 5.41. The second-order valence-electron chi connectivity index (χ2n) is 3.95. The molecule has 1 rings (SSSR count). The van der Waals surface area contributed by atoms with E-state index in [1.807, 2.05) is 19.9 Å². The first kappa shape index (κ1) is 12.0. The Morgan fingerprint density at radius 1 is 1.53 bits per heavy atom. The summed E-state index contributed by atoms with van der Waals surface area (Å²) in [4.78, 5) is 0. The van der Waals surface area contributed by atoms with Crippen LogP contribution >= 0.6 is 0 Å². The van der Waals surface area contributed by atoms with E-state index < -0.39 is 0 Å². The Morgan fingerprint density at radius 3 is 2.80 bits per heavy atom. The van der Waals surface area contributed by atoms with Gasteiger partial charge in [0.25, 0.3) is 0 Å². The van der Waals surface area contributed by atoms with Crippen LogP contribution in [0.15, 0.2) is 17.2 Å². The van der Waals surface area contributed by atoms with Crippen LogP contribution in [-0.4, -0.2) is 11.2 Å². The number of hydrogen-bond acceptors (Lipinski definition) is 3. The topological polar surface area (TPSA) is 38.1 Å². The highest BCUT2D eigenvalue weighted by atomic mass is 16.5. The Bertz CT molecular complexity index is 298. The summed E-state index contributed by atoms with van der Waals surface area (Å²) in [7, 11) is 0. The summed E-state index contributed by atoms with van der Waals surface area (Å²) >= 11 is 0. The minimum Gasteiger partial charge on any atom is -0.361 e. The fourth-order valence-electron chi connectivity index (χ4n) is 1.50. The highest BCUT2D eigenvalue weighted by Crippen LogP contribution is 2.12. The highest BCUT2D eigenvalue weighted by Gasteiger charge is 2.09. The monoisotopic (exact) mass is 208 g/mol. The lowest BCUT2D eigenvalue weighted by molar-refractivity contribution is 0.391. The van der Waals surface area contributed by atoms with Crippen LogP contribution < -0.4 is 5.32 Å². The lowest BCUT2D eigenvalue weighted by Crippen LogP contribution is -2.25. The molecule has 3 heteroatoms. The SMILES string of the molecule is C=CCC[C@@H](C)NCc1c(C)noc1C. The van der Waals surface area contributed by atoms with Crippen LogP contribution in [0.5, 0.6) is 0 Å². The van der Waals surface area contributed by atoms with Gasteiger partial charge < -0.3 is 9.84 Å². The molecule has 84 valence electrons. The predicted octanol–water partition coefficient (Wildman–Crippen LogP) is 2.74. The molecule has 3 nitrogen and oxygen atoms in total. The molecule has 1 heterocycles. The molecule has 0 aromatic carbocycles. The number of nitrogens with zero attached hydrogens (tertiary/aromatic N) is 1. The van der Waals surface area contributed by atoms with Crippen LogP contribution in [0, 0.1) is 13.8 Å². The molecule has 0 radical (unpaired) electrons. The molecule has 1 aromatic heterocycles. The number of aromatic nitrogens is 1. The van der Waals surface area contributed by atoms with E-state index in [0.717, 1.165) is 30.8 Å². The molecule has 0 aliphatic carbocycles. The van der Waals surface area contributed by atoms with Gasteiger partial charge in [0, 0.05) is 18.2 Å². The van der Waals surface area contributed by atoms with Crippen LogP contribution in [0.25, 0.3) is 0 Å². The molecule has 0 aliphatic heterocycles.